The molecule has 1 saturated heterocycles. The molecule has 1 aromatic carbocycles. The zero-order chi connectivity index (χ0) is 20.4. The molecule has 0 atom stereocenters. The predicted molar refractivity (Wildman–Crippen MR) is 110 cm³/mol. The number of piperazine rings is 1. The lowest BCUT2D eigenvalue weighted by atomic mass is 9.91. The van der Waals surface area contributed by atoms with E-state index in [2.05, 4.69) is 43.3 Å². The fraction of sp³-hybridized carbons (Fsp3) is 0.409. The van der Waals surface area contributed by atoms with E-state index in [-0.39, 0.29) is 29.3 Å². The number of amides is 2. The first-order valence-electron chi connectivity index (χ1n) is 9.51. The van der Waals surface area contributed by atoms with Gasteiger partial charge in [0.05, 0.1) is 6.42 Å². The van der Waals surface area contributed by atoms with E-state index in [9.17, 15) is 9.59 Å². The van der Waals surface area contributed by atoms with Crippen LogP contribution in [0.1, 0.15) is 43.6 Å². The molecule has 2 heterocycles. The molecule has 2 aromatic rings. The zero-order valence-corrected chi connectivity index (χ0v) is 17.0. The van der Waals surface area contributed by atoms with E-state index in [1.165, 1.54) is 0 Å². The number of carbonyl (C=O) groups is 2. The summed E-state index contributed by atoms with van der Waals surface area (Å²) in [6.07, 6.45) is 3.62. The maximum Gasteiger partial charge on any atom is 0.253 e. The van der Waals surface area contributed by atoms with Gasteiger partial charge >= 0.3 is 0 Å². The number of carbonyl (C=O) groups excluding carboxylic acids is 2. The highest BCUT2D eigenvalue weighted by Gasteiger charge is 2.38. The van der Waals surface area contributed by atoms with Gasteiger partial charge in [0.15, 0.2) is 0 Å². The van der Waals surface area contributed by atoms with E-state index < -0.39 is 0 Å². The van der Waals surface area contributed by atoms with Gasteiger partial charge in [0.25, 0.3) is 5.91 Å². The third-order valence-electron chi connectivity index (χ3n) is 4.64. The van der Waals surface area contributed by atoms with Crippen molar-refractivity contribution in [1.82, 2.24) is 15.2 Å². The number of hydrogen-bond donors (Lipinski definition) is 2. The first kappa shape index (κ1) is 20.0. The van der Waals surface area contributed by atoms with Crippen LogP contribution in [0.25, 0.3) is 0 Å². The lowest BCUT2D eigenvalue weighted by Crippen LogP contribution is -2.67. The lowest BCUT2D eigenvalue weighted by Gasteiger charge is -2.48. The van der Waals surface area contributed by atoms with Crippen LogP contribution in [-0.4, -0.2) is 45.9 Å². The Labute approximate surface area is 166 Å². The monoisotopic (exact) mass is 380 g/mol. The topological polar surface area (TPSA) is 74.3 Å². The minimum absolute atomic E-state index is 0.0101. The van der Waals surface area contributed by atoms with Crippen LogP contribution in [0.2, 0.25) is 0 Å². The van der Waals surface area contributed by atoms with Gasteiger partial charge in [-0.2, -0.15) is 0 Å². The van der Waals surface area contributed by atoms with Crippen LogP contribution in [0.4, 0.5) is 5.69 Å². The molecule has 6 heteroatoms. The Bertz CT molecular complexity index is 829. The van der Waals surface area contributed by atoms with Gasteiger partial charge in [0.1, 0.15) is 0 Å². The number of nitrogens with zero attached hydrogens (tertiary/aromatic N) is 2. The van der Waals surface area contributed by atoms with Gasteiger partial charge in [0, 0.05) is 47.8 Å². The molecule has 6 nitrogen and oxygen atoms in total. The summed E-state index contributed by atoms with van der Waals surface area (Å²) in [5.74, 6) is -0.103. The molecule has 1 aliphatic rings. The number of hydrogen-bond acceptors (Lipinski definition) is 4. The minimum atomic E-state index is -0.141. The summed E-state index contributed by atoms with van der Waals surface area (Å²) in [4.78, 5) is 31.0. The Kier molecular flexibility index (Phi) is 5.52. The van der Waals surface area contributed by atoms with Crippen molar-refractivity contribution in [2.24, 2.45) is 0 Å². The third-order valence-corrected chi connectivity index (χ3v) is 4.64. The van der Waals surface area contributed by atoms with Gasteiger partial charge in [-0.1, -0.05) is 6.07 Å². The van der Waals surface area contributed by atoms with E-state index in [1.807, 2.05) is 17.0 Å². The largest absolute Gasteiger partial charge is 0.335 e. The number of pyridine rings is 1. The first-order chi connectivity index (χ1) is 13.1. The maximum absolute atomic E-state index is 13.0. The van der Waals surface area contributed by atoms with Crippen molar-refractivity contribution in [2.45, 2.75) is 45.2 Å². The van der Waals surface area contributed by atoms with Crippen LogP contribution in [0.3, 0.4) is 0 Å². The van der Waals surface area contributed by atoms with Crippen molar-refractivity contribution in [1.29, 1.82) is 0 Å². The van der Waals surface area contributed by atoms with Crippen molar-refractivity contribution in [2.75, 3.05) is 18.4 Å². The normalized spacial score (nSPS) is 17.8. The van der Waals surface area contributed by atoms with E-state index in [0.717, 1.165) is 5.56 Å². The molecule has 1 aliphatic heterocycles. The molecule has 28 heavy (non-hydrogen) atoms. The summed E-state index contributed by atoms with van der Waals surface area (Å²) in [5.41, 5.74) is 1.87. The predicted octanol–water partition coefficient (Wildman–Crippen LogP) is 2.87. The van der Waals surface area contributed by atoms with E-state index in [0.29, 0.717) is 24.3 Å². The van der Waals surface area contributed by atoms with E-state index >= 15 is 0 Å². The summed E-state index contributed by atoms with van der Waals surface area (Å²) in [7, 11) is 0. The molecule has 0 unspecified atom stereocenters. The molecule has 2 N–H and O–H groups in total. The highest BCUT2D eigenvalue weighted by Crippen LogP contribution is 2.23. The summed E-state index contributed by atoms with van der Waals surface area (Å²) >= 11 is 0. The fourth-order valence-electron chi connectivity index (χ4n) is 3.92. The second kappa shape index (κ2) is 7.72. The van der Waals surface area contributed by atoms with E-state index in [1.54, 1.807) is 36.7 Å². The lowest BCUT2D eigenvalue weighted by molar-refractivity contribution is -0.115. The highest BCUT2D eigenvalue weighted by atomic mass is 16.2. The maximum atomic E-state index is 13.0. The van der Waals surface area contributed by atoms with Crippen LogP contribution >= 0.6 is 0 Å². The van der Waals surface area contributed by atoms with Gasteiger partial charge in [-0.25, -0.2) is 0 Å². The summed E-state index contributed by atoms with van der Waals surface area (Å²) in [6.45, 7) is 9.73. The Morgan fingerprint density at radius 3 is 2.29 bits per heavy atom. The number of anilines is 1. The van der Waals surface area contributed by atoms with Crippen LogP contribution in [0.15, 0.2) is 48.8 Å². The van der Waals surface area contributed by atoms with Crippen LogP contribution in [0, 0.1) is 0 Å². The SMILES string of the molecule is CC1(C)CN(C(=O)c2ccc(NC(=O)Cc3cccnc3)cc2)CC(C)(C)N1. The third kappa shape index (κ3) is 5.16. The molecule has 0 bridgehead atoms. The standard InChI is InChI=1S/C22H28N4O2/c1-21(2)14-26(15-22(3,4)25-21)20(28)17-7-9-18(10-8-17)24-19(27)12-16-6-5-11-23-13-16/h5-11,13,25H,12,14-15H2,1-4H3,(H,24,27). The van der Waals surface area contributed by atoms with Crippen molar-refractivity contribution in [3.63, 3.8) is 0 Å². The average Bonchev–Trinajstić information content (AvgIpc) is 2.60. The van der Waals surface area contributed by atoms with Crippen molar-refractivity contribution >= 4 is 17.5 Å². The molecule has 148 valence electrons. The number of benzene rings is 1. The Morgan fingerprint density at radius 1 is 1.07 bits per heavy atom. The van der Waals surface area contributed by atoms with Crippen LogP contribution < -0.4 is 10.6 Å². The molecular weight excluding hydrogens is 352 g/mol. The Balaban J connectivity index is 1.63. The van der Waals surface area contributed by atoms with Gasteiger partial charge < -0.3 is 15.5 Å². The average molecular weight is 380 g/mol. The molecule has 3 rings (SSSR count). The quantitative estimate of drug-likeness (QED) is 0.855. The highest BCUT2D eigenvalue weighted by molar-refractivity contribution is 5.96. The van der Waals surface area contributed by atoms with Gasteiger partial charge in [-0.3, -0.25) is 14.6 Å². The Morgan fingerprint density at radius 2 is 1.71 bits per heavy atom. The molecule has 0 aliphatic carbocycles. The minimum Gasteiger partial charge on any atom is -0.335 e. The second-order valence-corrected chi connectivity index (χ2v) is 8.72. The van der Waals surface area contributed by atoms with Crippen LogP contribution in [0.5, 0.6) is 0 Å². The van der Waals surface area contributed by atoms with Crippen LogP contribution in [-0.2, 0) is 11.2 Å². The van der Waals surface area contributed by atoms with E-state index in [4.69, 9.17) is 0 Å². The molecule has 2 amide bonds. The fourth-order valence-corrected chi connectivity index (χ4v) is 3.92. The molecule has 1 fully saturated rings. The zero-order valence-electron chi connectivity index (χ0n) is 17.0. The number of nitrogens with one attached hydrogen (secondary N) is 2. The number of rotatable bonds is 4. The first-order valence-corrected chi connectivity index (χ1v) is 9.51. The smallest absolute Gasteiger partial charge is 0.253 e. The summed E-state index contributed by atoms with van der Waals surface area (Å²) in [5, 5.41) is 6.43. The molecular formula is C22H28N4O2. The second-order valence-electron chi connectivity index (χ2n) is 8.72. The molecule has 0 spiro atoms. The van der Waals surface area contributed by atoms with Crippen molar-refractivity contribution in [3.8, 4) is 0 Å². The molecule has 1 aromatic heterocycles. The van der Waals surface area contributed by atoms with Gasteiger partial charge in [-0.05, 0) is 63.6 Å². The summed E-state index contributed by atoms with van der Waals surface area (Å²) in [6, 6.07) is 10.8. The summed E-state index contributed by atoms with van der Waals surface area (Å²) < 4.78 is 0. The molecule has 0 saturated carbocycles. The number of aromatic nitrogens is 1. The van der Waals surface area contributed by atoms with Crippen molar-refractivity contribution in [3.05, 3.63) is 59.9 Å². The van der Waals surface area contributed by atoms with Crippen molar-refractivity contribution < 1.29 is 9.59 Å². The Hall–Kier alpha value is -2.73. The molecule has 0 radical (unpaired) electrons. The van der Waals surface area contributed by atoms with Gasteiger partial charge in [-0.15, -0.1) is 0 Å². The van der Waals surface area contributed by atoms with Gasteiger partial charge in [0.2, 0.25) is 5.91 Å².